The second kappa shape index (κ2) is 14.2. The van der Waals surface area contributed by atoms with E-state index < -0.39 is 11.9 Å². The van der Waals surface area contributed by atoms with Crippen LogP contribution in [-0.4, -0.2) is 17.2 Å². The number of aromatic nitrogens is 1. The van der Waals surface area contributed by atoms with Gasteiger partial charge in [0.25, 0.3) is 0 Å². The molecule has 4 N–H and O–H groups in total. The monoisotopic (exact) mass is 508 g/mol. The number of halogens is 3. The molecule has 0 aliphatic rings. The minimum absolute atomic E-state index is 0.0678. The van der Waals surface area contributed by atoms with Crippen molar-refractivity contribution in [3.63, 3.8) is 0 Å². The molecule has 5 nitrogen and oxygen atoms in total. The number of benzene rings is 1. The summed E-state index contributed by atoms with van der Waals surface area (Å²) in [6, 6.07) is 4.69. The molecule has 2 aromatic rings. The van der Waals surface area contributed by atoms with Crippen LogP contribution < -0.4 is 16.2 Å². The first kappa shape index (κ1) is 27.9. The molecule has 0 saturated heterocycles. The lowest BCUT2D eigenvalue weighted by Crippen LogP contribution is -2.11. The van der Waals surface area contributed by atoms with Gasteiger partial charge < -0.3 is 16.2 Å². The highest BCUT2D eigenvalue weighted by Gasteiger charge is 2.22. The van der Waals surface area contributed by atoms with E-state index in [-0.39, 0.29) is 16.9 Å². The van der Waals surface area contributed by atoms with E-state index in [1.807, 2.05) is 6.92 Å². The Bertz CT molecular complexity index is 997. The highest BCUT2D eigenvalue weighted by molar-refractivity contribution is 6.36. The summed E-state index contributed by atoms with van der Waals surface area (Å²) in [5.74, 6) is -0.0303. The first-order valence-electron chi connectivity index (χ1n) is 11.9. The molecule has 1 aromatic carbocycles. The summed E-state index contributed by atoms with van der Waals surface area (Å²) >= 11 is 12.5. The third-order valence-electron chi connectivity index (χ3n) is 5.62. The number of hydrogen-bond acceptors (Lipinski definition) is 5. The third-order valence-corrected chi connectivity index (χ3v) is 6.34. The van der Waals surface area contributed by atoms with Crippen LogP contribution in [0.1, 0.15) is 82.9 Å². The Hall–Kier alpha value is -2.31. The van der Waals surface area contributed by atoms with E-state index in [1.54, 1.807) is 18.5 Å². The minimum Gasteiger partial charge on any atom is -0.482 e. The number of unbranched alkanes of at least 4 members (excludes halogenated alkanes) is 2. The molecule has 8 heteroatoms. The van der Waals surface area contributed by atoms with Gasteiger partial charge in [0.1, 0.15) is 11.9 Å². The van der Waals surface area contributed by atoms with E-state index >= 15 is 0 Å². The molecular formula is C26H35Cl2FN4O. The molecule has 2 rings (SSSR count). The third kappa shape index (κ3) is 7.60. The predicted octanol–water partition coefficient (Wildman–Crippen LogP) is 7.76. The van der Waals surface area contributed by atoms with Crippen LogP contribution in [0.25, 0.3) is 5.57 Å². The number of pyridine rings is 1. The number of nitrogens with zero attached hydrogens (tertiary/aromatic N) is 2. The average molecular weight is 509 g/mol. The van der Waals surface area contributed by atoms with Gasteiger partial charge in [-0.25, -0.2) is 9.37 Å². The number of anilines is 1. The maximum atomic E-state index is 14.1. The molecule has 1 heterocycles. The lowest BCUT2D eigenvalue weighted by atomic mass is 10.0. The molecule has 0 amide bonds. The molecule has 2 atom stereocenters. The number of nitrogens with two attached hydrogens (primary N) is 2. The molecule has 0 spiro atoms. The van der Waals surface area contributed by atoms with Crippen LogP contribution in [0.2, 0.25) is 10.0 Å². The molecule has 0 saturated carbocycles. The molecular weight excluding hydrogens is 474 g/mol. The summed E-state index contributed by atoms with van der Waals surface area (Å²) in [6.45, 7) is 6.25. The quantitative estimate of drug-likeness (QED) is 0.164. The van der Waals surface area contributed by atoms with Gasteiger partial charge in [0.2, 0.25) is 0 Å². The SMILES string of the molecule is CCCCCC(CCC)N=CC(=CN)c1cnc(N)c(OC(CC)c2c(Cl)ccc(F)c2Cl)c1. The van der Waals surface area contributed by atoms with Crippen molar-refractivity contribution in [3.05, 3.63) is 57.6 Å². The molecule has 2 unspecified atom stereocenters. The molecule has 0 bridgehead atoms. The second-order valence-electron chi connectivity index (χ2n) is 8.22. The molecule has 34 heavy (non-hydrogen) atoms. The summed E-state index contributed by atoms with van der Waals surface area (Å²) in [5, 5.41) is 0.252. The molecule has 0 fully saturated rings. The molecule has 186 valence electrons. The maximum Gasteiger partial charge on any atom is 0.166 e. The van der Waals surface area contributed by atoms with E-state index in [0.29, 0.717) is 33.9 Å². The number of nitrogen functional groups attached to an aromatic ring is 1. The van der Waals surface area contributed by atoms with Gasteiger partial charge in [-0.1, -0.05) is 69.7 Å². The Morgan fingerprint density at radius 2 is 1.94 bits per heavy atom. The topological polar surface area (TPSA) is 86.5 Å². The van der Waals surface area contributed by atoms with E-state index in [4.69, 9.17) is 44.4 Å². The van der Waals surface area contributed by atoms with Gasteiger partial charge in [0.15, 0.2) is 11.6 Å². The van der Waals surface area contributed by atoms with Crippen molar-refractivity contribution in [2.24, 2.45) is 10.7 Å². The van der Waals surface area contributed by atoms with E-state index in [1.165, 1.54) is 31.2 Å². The summed E-state index contributed by atoms with van der Waals surface area (Å²) in [6.07, 6.45) is 11.5. The van der Waals surface area contributed by atoms with Crippen molar-refractivity contribution in [3.8, 4) is 5.75 Å². The maximum absolute atomic E-state index is 14.1. The van der Waals surface area contributed by atoms with E-state index in [2.05, 4.69) is 18.8 Å². The van der Waals surface area contributed by atoms with Crippen LogP contribution in [0.5, 0.6) is 5.75 Å². The minimum atomic E-state index is -0.610. The Balaban J connectivity index is 2.29. The summed E-state index contributed by atoms with van der Waals surface area (Å²) in [5.41, 5.74) is 13.8. The zero-order valence-corrected chi connectivity index (χ0v) is 21.7. The van der Waals surface area contributed by atoms with Gasteiger partial charge in [-0.05, 0) is 37.5 Å². The van der Waals surface area contributed by atoms with Gasteiger partial charge in [-0.15, -0.1) is 0 Å². The fraction of sp³-hybridized carbons (Fsp3) is 0.462. The van der Waals surface area contributed by atoms with Crippen LogP contribution >= 0.6 is 23.2 Å². The van der Waals surface area contributed by atoms with Gasteiger partial charge >= 0.3 is 0 Å². The Morgan fingerprint density at radius 3 is 2.59 bits per heavy atom. The Kier molecular flexibility index (Phi) is 11.6. The van der Waals surface area contributed by atoms with Crippen LogP contribution in [0.15, 0.2) is 35.6 Å². The Morgan fingerprint density at radius 1 is 1.18 bits per heavy atom. The summed E-state index contributed by atoms with van der Waals surface area (Å²) in [7, 11) is 0. The zero-order chi connectivity index (χ0) is 25.1. The number of allylic oxidation sites excluding steroid dienone is 1. The fourth-order valence-corrected chi connectivity index (χ4v) is 4.32. The van der Waals surface area contributed by atoms with Crippen molar-refractivity contribution >= 4 is 40.8 Å². The fourth-order valence-electron chi connectivity index (χ4n) is 3.70. The lowest BCUT2D eigenvalue weighted by molar-refractivity contribution is 0.201. The normalized spacial score (nSPS) is 13.9. The van der Waals surface area contributed by atoms with Crippen molar-refractivity contribution < 1.29 is 9.13 Å². The predicted molar refractivity (Wildman–Crippen MR) is 142 cm³/mol. The van der Waals surface area contributed by atoms with Crippen LogP contribution in [0.3, 0.4) is 0 Å². The molecule has 0 radical (unpaired) electrons. The molecule has 0 aliphatic heterocycles. The molecule has 0 aliphatic carbocycles. The van der Waals surface area contributed by atoms with E-state index in [0.717, 1.165) is 25.7 Å². The van der Waals surface area contributed by atoms with Crippen molar-refractivity contribution in [2.75, 3.05) is 5.73 Å². The molecule has 1 aromatic heterocycles. The second-order valence-corrected chi connectivity index (χ2v) is 9.00. The Labute approximate surface area is 212 Å². The standard InChI is InChI=1S/C26H35Cl2FN4O/c1-4-7-8-10-19(9-5-2)32-16-18(14-30)17-13-23(26(31)33-15-17)34-22(6-3)24-20(27)11-12-21(29)25(24)28/h11-16,19,22H,4-10,30H2,1-3H3,(H2,31,33). The van der Waals surface area contributed by atoms with Crippen LogP contribution in [0.4, 0.5) is 10.2 Å². The van der Waals surface area contributed by atoms with Crippen molar-refractivity contribution in [1.29, 1.82) is 0 Å². The first-order chi connectivity index (χ1) is 16.4. The largest absolute Gasteiger partial charge is 0.482 e. The van der Waals surface area contributed by atoms with Crippen molar-refractivity contribution in [2.45, 2.75) is 77.9 Å². The van der Waals surface area contributed by atoms with Crippen molar-refractivity contribution in [1.82, 2.24) is 4.98 Å². The van der Waals surface area contributed by atoms with Gasteiger partial charge in [-0.3, -0.25) is 4.99 Å². The number of hydrogen-bond donors (Lipinski definition) is 2. The average Bonchev–Trinajstić information content (AvgIpc) is 2.83. The lowest BCUT2D eigenvalue weighted by Gasteiger charge is -2.21. The van der Waals surface area contributed by atoms with Crippen LogP contribution in [0, 0.1) is 5.82 Å². The van der Waals surface area contributed by atoms with Gasteiger partial charge in [-0.2, -0.15) is 0 Å². The summed E-state index contributed by atoms with van der Waals surface area (Å²) in [4.78, 5) is 9.06. The summed E-state index contributed by atoms with van der Waals surface area (Å²) < 4.78 is 20.2. The number of ether oxygens (including phenoxy) is 1. The number of rotatable bonds is 13. The van der Waals surface area contributed by atoms with Gasteiger partial charge in [0.05, 0.1) is 5.02 Å². The highest BCUT2D eigenvalue weighted by Crippen LogP contribution is 2.38. The highest BCUT2D eigenvalue weighted by atomic mass is 35.5. The number of aliphatic imine (C=N–C) groups is 1. The zero-order valence-electron chi connectivity index (χ0n) is 20.2. The van der Waals surface area contributed by atoms with Gasteiger partial charge in [0, 0.05) is 46.4 Å². The van der Waals surface area contributed by atoms with Crippen LogP contribution in [-0.2, 0) is 0 Å². The smallest absolute Gasteiger partial charge is 0.166 e. The van der Waals surface area contributed by atoms with E-state index in [9.17, 15) is 4.39 Å². The first-order valence-corrected chi connectivity index (χ1v) is 12.6.